The molecule has 2 rings (SSSR count). The number of anilines is 1. The van der Waals surface area contributed by atoms with Crippen LogP contribution in [-0.2, 0) is 4.79 Å². The molecule has 80 valence electrons. The first-order chi connectivity index (χ1) is 7.75. The lowest BCUT2D eigenvalue weighted by atomic mass is 10.1. The van der Waals surface area contributed by atoms with Gasteiger partial charge in [-0.3, -0.25) is 4.79 Å². The van der Waals surface area contributed by atoms with E-state index in [0.717, 1.165) is 16.8 Å². The van der Waals surface area contributed by atoms with E-state index in [0.29, 0.717) is 0 Å². The first-order valence-corrected chi connectivity index (χ1v) is 4.89. The van der Waals surface area contributed by atoms with Gasteiger partial charge in [0.2, 0.25) is 5.91 Å². The van der Waals surface area contributed by atoms with Crippen LogP contribution >= 0.6 is 0 Å². The quantitative estimate of drug-likeness (QED) is 0.831. The van der Waals surface area contributed by atoms with Crippen molar-refractivity contribution in [3.8, 4) is 11.1 Å². The van der Waals surface area contributed by atoms with Gasteiger partial charge in [-0.05, 0) is 17.7 Å². The molecule has 0 spiro atoms. The number of carbonyl (C=O) groups excluding carboxylic acids is 1. The minimum Gasteiger partial charge on any atom is -0.326 e. The number of benzene rings is 1. The summed E-state index contributed by atoms with van der Waals surface area (Å²) in [4.78, 5) is 18.8. The second-order valence-corrected chi connectivity index (χ2v) is 3.39. The summed E-state index contributed by atoms with van der Waals surface area (Å²) in [6.07, 6.45) is 4.96. The molecule has 1 N–H and O–H groups in total. The number of aromatic nitrogens is 2. The van der Waals surface area contributed by atoms with Gasteiger partial charge in [-0.25, -0.2) is 9.97 Å². The van der Waals surface area contributed by atoms with E-state index < -0.39 is 0 Å². The first-order valence-electron chi connectivity index (χ1n) is 4.89. The van der Waals surface area contributed by atoms with Crippen LogP contribution in [0.5, 0.6) is 0 Å². The Hall–Kier alpha value is -2.23. The van der Waals surface area contributed by atoms with Crippen LogP contribution in [0.4, 0.5) is 5.69 Å². The van der Waals surface area contributed by atoms with E-state index in [4.69, 9.17) is 0 Å². The second kappa shape index (κ2) is 4.53. The highest BCUT2D eigenvalue weighted by molar-refractivity contribution is 5.89. The van der Waals surface area contributed by atoms with Gasteiger partial charge in [-0.15, -0.1) is 0 Å². The van der Waals surface area contributed by atoms with Crippen molar-refractivity contribution in [1.82, 2.24) is 9.97 Å². The Bertz CT molecular complexity index is 497. The fourth-order valence-electron chi connectivity index (χ4n) is 1.43. The summed E-state index contributed by atoms with van der Waals surface area (Å²) in [5, 5.41) is 2.74. The second-order valence-electron chi connectivity index (χ2n) is 3.39. The van der Waals surface area contributed by atoms with Gasteiger partial charge >= 0.3 is 0 Å². The van der Waals surface area contributed by atoms with Crippen molar-refractivity contribution in [1.29, 1.82) is 0 Å². The molecule has 2 aromatic rings. The van der Waals surface area contributed by atoms with Gasteiger partial charge in [-0.2, -0.15) is 0 Å². The lowest BCUT2D eigenvalue weighted by molar-refractivity contribution is -0.114. The van der Waals surface area contributed by atoms with Gasteiger partial charge in [-0.1, -0.05) is 12.1 Å². The Morgan fingerprint density at radius 1 is 1.19 bits per heavy atom. The maximum atomic E-state index is 10.9. The van der Waals surface area contributed by atoms with Gasteiger partial charge in [0.1, 0.15) is 6.33 Å². The van der Waals surface area contributed by atoms with Crippen LogP contribution in [-0.4, -0.2) is 15.9 Å². The normalized spacial score (nSPS) is 9.81. The van der Waals surface area contributed by atoms with Crippen LogP contribution in [0.1, 0.15) is 6.92 Å². The van der Waals surface area contributed by atoms with Crippen LogP contribution in [0.2, 0.25) is 0 Å². The molecular formula is C12H11N3O. The lowest BCUT2D eigenvalue weighted by Crippen LogP contribution is -2.05. The minimum atomic E-state index is -0.0820. The number of carbonyl (C=O) groups is 1. The largest absolute Gasteiger partial charge is 0.326 e. The minimum absolute atomic E-state index is 0.0820. The Morgan fingerprint density at radius 3 is 2.62 bits per heavy atom. The SMILES string of the molecule is CC(=O)Nc1cccc(-c2cncnc2)c1. The van der Waals surface area contributed by atoms with Gasteiger partial charge in [0, 0.05) is 30.6 Å². The summed E-state index contributed by atoms with van der Waals surface area (Å²) >= 11 is 0. The molecule has 0 saturated heterocycles. The Kier molecular flexibility index (Phi) is 2.91. The summed E-state index contributed by atoms with van der Waals surface area (Å²) in [6, 6.07) is 7.56. The molecule has 1 aromatic heterocycles. The third kappa shape index (κ3) is 2.42. The highest BCUT2D eigenvalue weighted by Crippen LogP contribution is 2.20. The molecule has 0 unspecified atom stereocenters. The molecule has 4 nitrogen and oxygen atoms in total. The number of hydrogen-bond acceptors (Lipinski definition) is 3. The molecule has 0 aliphatic heterocycles. The predicted octanol–water partition coefficient (Wildman–Crippen LogP) is 2.10. The van der Waals surface area contributed by atoms with Crippen molar-refractivity contribution in [3.63, 3.8) is 0 Å². The average molecular weight is 213 g/mol. The van der Waals surface area contributed by atoms with Crippen LogP contribution < -0.4 is 5.32 Å². The van der Waals surface area contributed by atoms with E-state index in [1.54, 1.807) is 12.4 Å². The summed E-state index contributed by atoms with van der Waals surface area (Å²) in [6.45, 7) is 1.48. The average Bonchev–Trinajstić information content (AvgIpc) is 2.30. The zero-order valence-electron chi connectivity index (χ0n) is 8.84. The topological polar surface area (TPSA) is 54.9 Å². The molecule has 0 saturated carbocycles. The summed E-state index contributed by atoms with van der Waals surface area (Å²) in [5.74, 6) is -0.0820. The van der Waals surface area contributed by atoms with Gasteiger partial charge in [0.25, 0.3) is 0 Å². The summed E-state index contributed by atoms with van der Waals surface area (Å²) < 4.78 is 0. The number of rotatable bonds is 2. The molecule has 0 aliphatic carbocycles. The fraction of sp³-hybridized carbons (Fsp3) is 0.0833. The lowest BCUT2D eigenvalue weighted by Gasteiger charge is -2.04. The number of amides is 1. The molecule has 1 heterocycles. The van der Waals surface area contributed by atoms with E-state index in [1.807, 2.05) is 24.3 Å². The standard InChI is InChI=1S/C12H11N3O/c1-9(16)15-12-4-2-3-10(5-12)11-6-13-8-14-7-11/h2-8H,1H3,(H,15,16). The Labute approximate surface area is 93.4 Å². The predicted molar refractivity (Wildman–Crippen MR) is 61.8 cm³/mol. The number of nitrogens with one attached hydrogen (secondary N) is 1. The zero-order chi connectivity index (χ0) is 11.4. The molecule has 0 atom stereocenters. The third-order valence-electron chi connectivity index (χ3n) is 2.08. The van der Waals surface area contributed by atoms with Crippen molar-refractivity contribution in [3.05, 3.63) is 43.0 Å². The maximum absolute atomic E-state index is 10.9. The van der Waals surface area contributed by atoms with Crippen molar-refractivity contribution in [2.45, 2.75) is 6.92 Å². The van der Waals surface area contributed by atoms with Crippen LogP contribution in [0.3, 0.4) is 0 Å². The van der Waals surface area contributed by atoms with Crippen LogP contribution in [0, 0.1) is 0 Å². The van der Waals surface area contributed by atoms with E-state index in [9.17, 15) is 4.79 Å². The van der Waals surface area contributed by atoms with Gasteiger partial charge in [0.15, 0.2) is 0 Å². The van der Waals surface area contributed by atoms with E-state index in [-0.39, 0.29) is 5.91 Å². The van der Waals surface area contributed by atoms with Crippen molar-refractivity contribution >= 4 is 11.6 Å². The molecule has 0 bridgehead atoms. The molecule has 0 fully saturated rings. The Morgan fingerprint density at radius 2 is 1.94 bits per heavy atom. The fourth-order valence-corrected chi connectivity index (χ4v) is 1.43. The van der Waals surface area contributed by atoms with E-state index in [1.165, 1.54) is 13.3 Å². The first kappa shape index (κ1) is 10.3. The third-order valence-corrected chi connectivity index (χ3v) is 2.08. The molecule has 1 amide bonds. The smallest absolute Gasteiger partial charge is 0.221 e. The number of hydrogen-bond donors (Lipinski definition) is 1. The summed E-state index contributed by atoms with van der Waals surface area (Å²) in [5.41, 5.74) is 2.68. The molecular weight excluding hydrogens is 202 g/mol. The molecule has 16 heavy (non-hydrogen) atoms. The maximum Gasteiger partial charge on any atom is 0.221 e. The van der Waals surface area contributed by atoms with Crippen LogP contribution in [0.15, 0.2) is 43.0 Å². The monoisotopic (exact) mass is 213 g/mol. The van der Waals surface area contributed by atoms with Gasteiger partial charge < -0.3 is 5.32 Å². The Balaban J connectivity index is 2.33. The summed E-state index contributed by atoms with van der Waals surface area (Å²) in [7, 11) is 0. The van der Waals surface area contributed by atoms with E-state index in [2.05, 4.69) is 15.3 Å². The highest BCUT2D eigenvalue weighted by Gasteiger charge is 2.00. The van der Waals surface area contributed by atoms with Crippen LogP contribution in [0.25, 0.3) is 11.1 Å². The van der Waals surface area contributed by atoms with Crippen molar-refractivity contribution in [2.24, 2.45) is 0 Å². The number of nitrogens with zero attached hydrogens (tertiary/aromatic N) is 2. The molecule has 1 aromatic carbocycles. The molecule has 4 heteroatoms. The highest BCUT2D eigenvalue weighted by atomic mass is 16.1. The zero-order valence-corrected chi connectivity index (χ0v) is 8.84. The van der Waals surface area contributed by atoms with Crippen molar-refractivity contribution in [2.75, 3.05) is 5.32 Å². The van der Waals surface area contributed by atoms with E-state index >= 15 is 0 Å². The van der Waals surface area contributed by atoms with Crippen molar-refractivity contribution < 1.29 is 4.79 Å². The molecule has 0 aliphatic rings. The molecule has 0 radical (unpaired) electrons. The van der Waals surface area contributed by atoms with Gasteiger partial charge in [0.05, 0.1) is 0 Å².